The molecule has 0 amide bonds. The van der Waals surface area contributed by atoms with E-state index in [1.54, 1.807) is 7.11 Å². The van der Waals surface area contributed by atoms with E-state index in [1.165, 1.54) is 14.2 Å². The van der Waals surface area contributed by atoms with Crippen molar-refractivity contribution < 1.29 is 24.0 Å². The van der Waals surface area contributed by atoms with Crippen molar-refractivity contribution >= 4 is 5.97 Å². The molecule has 0 aromatic heterocycles. The predicted octanol–water partition coefficient (Wildman–Crippen LogP) is 1.70. The zero-order valence-electron chi connectivity index (χ0n) is 11.3. The van der Waals surface area contributed by atoms with Crippen LogP contribution in [0.3, 0.4) is 0 Å². The average Bonchev–Trinajstić information content (AvgIpc) is 3.20. The van der Waals surface area contributed by atoms with Gasteiger partial charge in [-0.15, -0.1) is 0 Å². The maximum absolute atomic E-state index is 11.7. The molecule has 1 aromatic carbocycles. The van der Waals surface area contributed by atoms with E-state index in [2.05, 4.69) is 4.89 Å². The first-order valence-electron chi connectivity index (χ1n) is 6.06. The Morgan fingerprint density at radius 3 is 2.47 bits per heavy atom. The third-order valence-corrected chi connectivity index (χ3v) is 3.66. The Bertz CT molecular complexity index is 442. The minimum atomic E-state index is -0.352. The van der Waals surface area contributed by atoms with Gasteiger partial charge in [-0.3, -0.25) is 4.79 Å². The fourth-order valence-corrected chi connectivity index (χ4v) is 2.41. The monoisotopic (exact) mass is 266 g/mol. The maximum atomic E-state index is 11.7. The van der Waals surface area contributed by atoms with Gasteiger partial charge in [0.2, 0.25) is 0 Å². The van der Waals surface area contributed by atoms with Gasteiger partial charge < -0.3 is 9.47 Å². The van der Waals surface area contributed by atoms with Gasteiger partial charge in [0.25, 0.3) is 0 Å². The highest BCUT2D eigenvalue weighted by molar-refractivity contribution is 5.79. The van der Waals surface area contributed by atoms with Gasteiger partial charge in [0.05, 0.1) is 33.9 Å². The smallest absolute Gasteiger partial charge is 0.309 e. The van der Waals surface area contributed by atoms with Crippen molar-refractivity contribution in [3.05, 3.63) is 29.8 Å². The van der Waals surface area contributed by atoms with Crippen LogP contribution in [0.15, 0.2) is 24.3 Å². The van der Waals surface area contributed by atoms with E-state index < -0.39 is 0 Å². The lowest BCUT2D eigenvalue weighted by Crippen LogP contribution is -2.22. The largest absolute Gasteiger partial charge is 0.497 e. The Hall–Kier alpha value is -1.59. The van der Waals surface area contributed by atoms with E-state index in [-0.39, 0.29) is 17.3 Å². The molecule has 2 rings (SSSR count). The van der Waals surface area contributed by atoms with Crippen LogP contribution >= 0.6 is 0 Å². The second kappa shape index (κ2) is 5.59. The molecule has 1 aliphatic rings. The zero-order chi connectivity index (χ0) is 13.9. The first-order chi connectivity index (χ1) is 9.17. The quantitative estimate of drug-likeness (QED) is 0.445. The summed E-state index contributed by atoms with van der Waals surface area (Å²) in [4.78, 5) is 21.4. The first kappa shape index (κ1) is 13.8. The van der Waals surface area contributed by atoms with Crippen molar-refractivity contribution in [2.75, 3.05) is 27.9 Å². The van der Waals surface area contributed by atoms with Gasteiger partial charge in [-0.05, 0) is 24.1 Å². The Labute approximate surface area is 112 Å². The molecule has 2 unspecified atom stereocenters. The Morgan fingerprint density at radius 1 is 1.26 bits per heavy atom. The molecule has 1 saturated carbocycles. The maximum Gasteiger partial charge on any atom is 0.309 e. The van der Waals surface area contributed by atoms with Crippen molar-refractivity contribution in [3.8, 4) is 5.75 Å². The third kappa shape index (κ3) is 2.57. The topological polar surface area (TPSA) is 54.0 Å². The van der Waals surface area contributed by atoms with Crippen LogP contribution in [0.2, 0.25) is 0 Å². The number of esters is 1. The lowest BCUT2D eigenvalue weighted by molar-refractivity contribution is -0.278. The molecule has 5 heteroatoms. The predicted molar refractivity (Wildman–Crippen MR) is 67.8 cm³/mol. The molecule has 0 radical (unpaired) electrons. The summed E-state index contributed by atoms with van der Waals surface area (Å²) in [5, 5.41) is 0. The second-order valence-electron chi connectivity index (χ2n) is 4.59. The Kier molecular flexibility index (Phi) is 4.07. The van der Waals surface area contributed by atoms with Gasteiger partial charge in [-0.2, -0.15) is 0 Å². The summed E-state index contributed by atoms with van der Waals surface area (Å²) in [5.41, 5.74) is 0.677. The van der Waals surface area contributed by atoms with E-state index >= 15 is 0 Å². The highest BCUT2D eigenvalue weighted by Crippen LogP contribution is 2.55. The molecule has 5 nitrogen and oxygen atoms in total. The van der Waals surface area contributed by atoms with Gasteiger partial charge in [0, 0.05) is 5.41 Å². The van der Waals surface area contributed by atoms with Gasteiger partial charge in [-0.1, -0.05) is 12.1 Å². The van der Waals surface area contributed by atoms with Crippen molar-refractivity contribution in [2.45, 2.75) is 11.8 Å². The van der Waals surface area contributed by atoms with Crippen LogP contribution in [-0.2, 0) is 24.7 Å². The molecule has 1 aromatic rings. The summed E-state index contributed by atoms with van der Waals surface area (Å²) in [6.07, 6.45) is 0.704. The fourth-order valence-electron chi connectivity index (χ4n) is 2.41. The minimum absolute atomic E-state index is 0.180. The lowest BCUT2D eigenvalue weighted by atomic mass is 9.94. The number of rotatable bonds is 6. The minimum Gasteiger partial charge on any atom is -0.497 e. The number of ether oxygens (including phenoxy) is 2. The van der Waals surface area contributed by atoms with Crippen molar-refractivity contribution in [1.82, 2.24) is 0 Å². The molecular formula is C14H18O5. The Morgan fingerprint density at radius 2 is 1.95 bits per heavy atom. The molecule has 0 heterocycles. The summed E-state index contributed by atoms with van der Waals surface area (Å²) in [6, 6.07) is 7.63. The molecule has 0 saturated heterocycles. The van der Waals surface area contributed by atoms with Gasteiger partial charge in [-0.25, -0.2) is 9.78 Å². The first-order valence-corrected chi connectivity index (χ1v) is 6.06. The Balaban J connectivity index is 2.21. The van der Waals surface area contributed by atoms with Gasteiger partial charge in [0.1, 0.15) is 5.75 Å². The van der Waals surface area contributed by atoms with Crippen LogP contribution in [-0.4, -0.2) is 33.9 Å². The van der Waals surface area contributed by atoms with Crippen molar-refractivity contribution in [1.29, 1.82) is 0 Å². The highest BCUT2D eigenvalue weighted by atomic mass is 17.2. The number of carbonyl (C=O) groups excluding carboxylic acids is 1. The number of benzene rings is 1. The molecule has 19 heavy (non-hydrogen) atoms. The number of carbonyl (C=O) groups is 1. The van der Waals surface area contributed by atoms with E-state index in [1.807, 2.05) is 24.3 Å². The summed E-state index contributed by atoms with van der Waals surface area (Å²) >= 11 is 0. The summed E-state index contributed by atoms with van der Waals surface area (Å²) in [6.45, 7) is 0.329. The summed E-state index contributed by atoms with van der Waals surface area (Å²) in [5.74, 6) is 0.387. The average molecular weight is 266 g/mol. The summed E-state index contributed by atoms with van der Waals surface area (Å²) < 4.78 is 9.95. The number of methoxy groups -OCH3 is 2. The molecule has 0 spiro atoms. The molecule has 1 aliphatic carbocycles. The van der Waals surface area contributed by atoms with E-state index in [0.717, 1.165) is 11.3 Å². The second-order valence-corrected chi connectivity index (χ2v) is 4.59. The van der Waals surface area contributed by atoms with Crippen LogP contribution in [0.5, 0.6) is 5.75 Å². The fraction of sp³-hybridized carbons (Fsp3) is 0.500. The SMILES string of the molecule is COOCC1(c2ccc(OC)cc2)CC1C(=O)OC. The zero-order valence-corrected chi connectivity index (χ0v) is 11.3. The van der Waals surface area contributed by atoms with E-state index in [4.69, 9.17) is 14.4 Å². The van der Waals surface area contributed by atoms with Crippen molar-refractivity contribution in [2.24, 2.45) is 5.92 Å². The van der Waals surface area contributed by atoms with Crippen LogP contribution in [0.4, 0.5) is 0 Å². The normalized spacial score (nSPS) is 24.9. The standard InChI is InChI=1S/C14H18O5/c1-16-11-6-4-10(5-7-11)14(9-19-18-3)8-12(14)13(15)17-2/h4-7,12H,8-9H2,1-3H3. The molecule has 0 N–H and O–H groups in total. The van der Waals surface area contributed by atoms with E-state index in [9.17, 15) is 4.79 Å². The third-order valence-electron chi connectivity index (χ3n) is 3.66. The number of hydrogen-bond donors (Lipinski definition) is 0. The van der Waals surface area contributed by atoms with Crippen LogP contribution in [0, 0.1) is 5.92 Å². The molecular weight excluding hydrogens is 248 g/mol. The molecule has 2 atom stereocenters. The lowest BCUT2D eigenvalue weighted by Gasteiger charge is -2.16. The van der Waals surface area contributed by atoms with Crippen molar-refractivity contribution in [3.63, 3.8) is 0 Å². The molecule has 0 bridgehead atoms. The van der Waals surface area contributed by atoms with Crippen LogP contribution < -0.4 is 4.74 Å². The number of hydrogen-bond acceptors (Lipinski definition) is 5. The van der Waals surface area contributed by atoms with E-state index in [0.29, 0.717) is 13.0 Å². The van der Waals surface area contributed by atoms with Crippen LogP contribution in [0.1, 0.15) is 12.0 Å². The highest BCUT2D eigenvalue weighted by Gasteiger charge is 2.60. The van der Waals surface area contributed by atoms with Gasteiger partial charge >= 0.3 is 5.97 Å². The molecule has 0 aliphatic heterocycles. The molecule has 104 valence electrons. The van der Waals surface area contributed by atoms with Gasteiger partial charge in [0.15, 0.2) is 0 Å². The van der Waals surface area contributed by atoms with Crippen LogP contribution in [0.25, 0.3) is 0 Å². The summed E-state index contributed by atoms with van der Waals surface area (Å²) in [7, 11) is 4.47. The molecule has 1 fully saturated rings.